The highest BCUT2D eigenvalue weighted by Gasteiger charge is 2.10. The lowest BCUT2D eigenvalue weighted by Crippen LogP contribution is -2.18. The minimum Gasteiger partial charge on any atom is -0.494 e. The van der Waals surface area contributed by atoms with Gasteiger partial charge in [-0.1, -0.05) is 18.2 Å². The Hall–Kier alpha value is -1.32. The summed E-state index contributed by atoms with van der Waals surface area (Å²) in [6.07, 6.45) is 0. The van der Waals surface area contributed by atoms with Crippen LogP contribution in [0.15, 0.2) is 36.4 Å². The summed E-state index contributed by atoms with van der Waals surface area (Å²) < 4.78 is 5.68. The first kappa shape index (κ1) is 14.1. The molecule has 19 heavy (non-hydrogen) atoms. The molecule has 1 atom stereocenters. The Morgan fingerprint density at radius 1 is 1.21 bits per heavy atom. The van der Waals surface area contributed by atoms with E-state index in [1.807, 2.05) is 30.4 Å². The van der Waals surface area contributed by atoms with Crippen LogP contribution in [0.5, 0.6) is 5.75 Å². The molecule has 0 saturated heterocycles. The maximum atomic E-state index is 5.68. The summed E-state index contributed by atoms with van der Waals surface area (Å²) in [6.45, 7) is 7.94. The predicted molar refractivity (Wildman–Crippen MR) is 81.9 cm³/mol. The van der Waals surface area contributed by atoms with Crippen LogP contribution in [0.1, 0.15) is 35.2 Å². The van der Waals surface area contributed by atoms with E-state index in [0.717, 1.165) is 12.3 Å². The molecule has 0 fully saturated rings. The second kappa shape index (κ2) is 6.73. The first-order chi connectivity index (χ1) is 9.20. The van der Waals surface area contributed by atoms with Gasteiger partial charge in [0.15, 0.2) is 0 Å². The van der Waals surface area contributed by atoms with Crippen molar-refractivity contribution in [3.63, 3.8) is 0 Å². The van der Waals surface area contributed by atoms with E-state index in [4.69, 9.17) is 4.74 Å². The van der Waals surface area contributed by atoms with E-state index in [0.29, 0.717) is 6.61 Å². The molecule has 0 amide bonds. The average molecular weight is 275 g/mol. The highest BCUT2D eigenvalue weighted by molar-refractivity contribution is 7.11. The van der Waals surface area contributed by atoms with Crippen molar-refractivity contribution >= 4 is 11.3 Å². The molecule has 0 bridgehead atoms. The van der Waals surface area contributed by atoms with E-state index in [1.54, 1.807) is 0 Å². The van der Waals surface area contributed by atoms with E-state index in [1.165, 1.54) is 15.3 Å². The van der Waals surface area contributed by atoms with E-state index < -0.39 is 0 Å². The van der Waals surface area contributed by atoms with Crippen molar-refractivity contribution in [2.24, 2.45) is 0 Å². The van der Waals surface area contributed by atoms with Crippen LogP contribution in [0.3, 0.4) is 0 Å². The smallest absolute Gasteiger partial charge is 0.124 e. The molecule has 1 unspecified atom stereocenters. The number of benzene rings is 1. The van der Waals surface area contributed by atoms with Crippen LogP contribution >= 0.6 is 11.3 Å². The Morgan fingerprint density at radius 3 is 2.68 bits per heavy atom. The zero-order valence-electron chi connectivity index (χ0n) is 11.8. The molecule has 0 saturated carbocycles. The van der Waals surface area contributed by atoms with Crippen LogP contribution in [-0.4, -0.2) is 6.61 Å². The molecular formula is C16H21NOS. The second-order valence-corrected chi connectivity index (χ2v) is 5.96. The standard InChI is InChI=1S/C16H21NOS/c1-4-18-16-8-6-5-7-15(16)13(3)17-11-14-10-9-12(2)19-14/h5-10,13,17H,4,11H2,1-3H3. The van der Waals surface area contributed by atoms with Crippen LogP contribution in [0, 0.1) is 6.92 Å². The summed E-state index contributed by atoms with van der Waals surface area (Å²) in [5.74, 6) is 0.979. The quantitative estimate of drug-likeness (QED) is 0.848. The molecular weight excluding hydrogens is 254 g/mol. The summed E-state index contributed by atoms with van der Waals surface area (Å²) in [5.41, 5.74) is 1.22. The summed E-state index contributed by atoms with van der Waals surface area (Å²) >= 11 is 1.85. The van der Waals surface area contributed by atoms with Crippen molar-refractivity contribution in [3.8, 4) is 5.75 Å². The predicted octanol–water partition coefficient (Wildman–Crippen LogP) is 4.31. The summed E-state index contributed by atoms with van der Waals surface area (Å²) in [6, 6.07) is 12.9. The number of para-hydroxylation sites is 1. The average Bonchev–Trinajstić information content (AvgIpc) is 2.83. The first-order valence-corrected chi connectivity index (χ1v) is 7.52. The monoisotopic (exact) mass is 275 g/mol. The summed E-state index contributed by atoms with van der Waals surface area (Å²) in [7, 11) is 0. The van der Waals surface area contributed by atoms with Gasteiger partial charge in [0.1, 0.15) is 5.75 Å². The fourth-order valence-corrected chi connectivity index (χ4v) is 2.91. The number of aryl methyl sites for hydroxylation is 1. The van der Waals surface area contributed by atoms with Crippen molar-refractivity contribution < 1.29 is 4.74 Å². The number of rotatable bonds is 6. The third-order valence-corrected chi connectivity index (χ3v) is 4.06. The summed E-state index contributed by atoms with van der Waals surface area (Å²) in [4.78, 5) is 2.73. The van der Waals surface area contributed by atoms with Gasteiger partial charge in [0.2, 0.25) is 0 Å². The zero-order chi connectivity index (χ0) is 13.7. The third kappa shape index (κ3) is 3.82. The SMILES string of the molecule is CCOc1ccccc1C(C)NCc1ccc(C)s1. The largest absolute Gasteiger partial charge is 0.494 e. The molecule has 1 N–H and O–H groups in total. The molecule has 2 nitrogen and oxygen atoms in total. The van der Waals surface area contributed by atoms with Gasteiger partial charge < -0.3 is 10.1 Å². The lowest BCUT2D eigenvalue weighted by molar-refractivity contribution is 0.332. The molecule has 2 rings (SSSR count). The van der Waals surface area contributed by atoms with Crippen molar-refractivity contribution in [3.05, 3.63) is 51.7 Å². The topological polar surface area (TPSA) is 21.3 Å². The van der Waals surface area contributed by atoms with Crippen molar-refractivity contribution in [2.75, 3.05) is 6.61 Å². The first-order valence-electron chi connectivity index (χ1n) is 6.71. The molecule has 1 aromatic heterocycles. The third-order valence-electron chi connectivity index (χ3n) is 3.06. The highest BCUT2D eigenvalue weighted by Crippen LogP contribution is 2.25. The van der Waals surface area contributed by atoms with Gasteiger partial charge in [-0.2, -0.15) is 0 Å². The van der Waals surface area contributed by atoms with Gasteiger partial charge in [0, 0.05) is 27.9 Å². The molecule has 102 valence electrons. The molecule has 0 spiro atoms. The Kier molecular flexibility index (Phi) is 5.00. The molecule has 0 aliphatic carbocycles. The van der Waals surface area contributed by atoms with Crippen LogP contribution < -0.4 is 10.1 Å². The lowest BCUT2D eigenvalue weighted by atomic mass is 10.1. The fraction of sp³-hybridized carbons (Fsp3) is 0.375. The Balaban J connectivity index is 2.01. The molecule has 0 aliphatic heterocycles. The zero-order valence-corrected chi connectivity index (χ0v) is 12.6. The Morgan fingerprint density at radius 2 is 2.00 bits per heavy atom. The summed E-state index contributed by atoms with van der Waals surface area (Å²) in [5, 5.41) is 3.56. The maximum absolute atomic E-state index is 5.68. The molecule has 2 aromatic rings. The minimum atomic E-state index is 0.283. The molecule has 0 aliphatic rings. The van der Waals surface area contributed by atoms with E-state index in [-0.39, 0.29) is 6.04 Å². The minimum absolute atomic E-state index is 0.283. The molecule has 3 heteroatoms. The van der Waals surface area contributed by atoms with Crippen LogP contribution in [0.2, 0.25) is 0 Å². The number of nitrogens with one attached hydrogen (secondary N) is 1. The second-order valence-electron chi connectivity index (χ2n) is 4.59. The lowest BCUT2D eigenvalue weighted by Gasteiger charge is -2.17. The van der Waals surface area contributed by atoms with Crippen molar-refractivity contribution in [1.29, 1.82) is 0 Å². The van der Waals surface area contributed by atoms with E-state index in [9.17, 15) is 0 Å². The van der Waals surface area contributed by atoms with Gasteiger partial charge in [0.05, 0.1) is 6.61 Å². The van der Waals surface area contributed by atoms with Crippen LogP contribution in [0.4, 0.5) is 0 Å². The van der Waals surface area contributed by atoms with Crippen molar-refractivity contribution in [1.82, 2.24) is 5.32 Å². The molecule has 1 aromatic carbocycles. The normalized spacial score (nSPS) is 12.4. The molecule has 0 radical (unpaired) electrons. The van der Waals surface area contributed by atoms with Gasteiger partial charge >= 0.3 is 0 Å². The van der Waals surface area contributed by atoms with Crippen LogP contribution in [0.25, 0.3) is 0 Å². The van der Waals surface area contributed by atoms with Gasteiger partial charge in [-0.25, -0.2) is 0 Å². The van der Waals surface area contributed by atoms with Gasteiger partial charge in [-0.3, -0.25) is 0 Å². The number of hydrogen-bond acceptors (Lipinski definition) is 3. The Labute approximate surface area is 119 Å². The number of thiophene rings is 1. The number of ether oxygens (including phenoxy) is 1. The van der Waals surface area contributed by atoms with Gasteiger partial charge in [-0.15, -0.1) is 11.3 Å². The van der Waals surface area contributed by atoms with Crippen molar-refractivity contribution in [2.45, 2.75) is 33.4 Å². The fourth-order valence-electron chi connectivity index (χ4n) is 2.07. The van der Waals surface area contributed by atoms with Crippen LogP contribution in [-0.2, 0) is 6.54 Å². The highest BCUT2D eigenvalue weighted by atomic mass is 32.1. The maximum Gasteiger partial charge on any atom is 0.124 e. The number of hydrogen-bond donors (Lipinski definition) is 1. The Bertz CT molecular complexity index is 521. The van der Waals surface area contributed by atoms with E-state index in [2.05, 4.69) is 43.4 Å². The van der Waals surface area contributed by atoms with Gasteiger partial charge in [0.25, 0.3) is 0 Å². The van der Waals surface area contributed by atoms with E-state index >= 15 is 0 Å². The molecule has 1 heterocycles. The van der Waals surface area contributed by atoms with Gasteiger partial charge in [-0.05, 0) is 39.0 Å².